The van der Waals surface area contributed by atoms with Gasteiger partial charge in [0.2, 0.25) is 0 Å². The molecule has 0 aromatic heterocycles. The van der Waals surface area contributed by atoms with Gasteiger partial charge in [0, 0.05) is 47.0 Å². The summed E-state index contributed by atoms with van der Waals surface area (Å²) in [6.07, 6.45) is 9.09. The van der Waals surface area contributed by atoms with Gasteiger partial charge in [-0.2, -0.15) is 0 Å². The van der Waals surface area contributed by atoms with E-state index in [1.807, 2.05) is 7.05 Å². The second-order valence-corrected chi connectivity index (χ2v) is 7.47. The lowest BCUT2D eigenvalue weighted by Gasteiger charge is -2.35. The number of methoxy groups -OCH3 is 1. The number of ether oxygens (including phenoxy) is 2. The molecule has 24 heavy (non-hydrogen) atoms. The molecule has 140 valence electrons. The van der Waals surface area contributed by atoms with E-state index in [2.05, 4.69) is 22.1 Å². The number of nitrogens with one attached hydrogen (secondary N) is 1. The van der Waals surface area contributed by atoms with Crippen molar-refractivity contribution < 1.29 is 9.47 Å². The van der Waals surface area contributed by atoms with Gasteiger partial charge in [-0.3, -0.25) is 4.99 Å². The number of likely N-dealkylation sites (tertiary alicyclic amines) is 1. The number of guanidine groups is 1. The van der Waals surface area contributed by atoms with Crippen LogP contribution in [0.2, 0.25) is 0 Å². The van der Waals surface area contributed by atoms with Crippen molar-refractivity contribution in [3.05, 3.63) is 0 Å². The molecule has 1 saturated carbocycles. The van der Waals surface area contributed by atoms with Crippen LogP contribution in [0.25, 0.3) is 0 Å². The predicted molar refractivity (Wildman–Crippen MR) is 99.5 cm³/mol. The first-order valence-electron chi connectivity index (χ1n) is 9.79. The molecule has 0 aromatic rings. The van der Waals surface area contributed by atoms with Gasteiger partial charge < -0.3 is 19.7 Å². The maximum absolute atomic E-state index is 5.95. The first-order valence-corrected chi connectivity index (χ1v) is 9.79. The molecule has 0 spiro atoms. The lowest BCUT2D eigenvalue weighted by atomic mass is 9.82. The molecule has 2 aliphatic rings. The number of aliphatic imine (C=N–C) groups is 1. The van der Waals surface area contributed by atoms with E-state index in [9.17, 15) is 0 Å². The third kappa shape index (κ3) is 6.60. The van der Waals surface area contributed by atoms with E-state index in [-0.39, 0.29) is 0 Å². The van der Waals surface area contributed by atoms with Gasteiger partial charge in [-0.05, 0) is 43.9 Å². The van der Waals surface area contributed by atoms with Crippen molar-refractivity contribution in [3.8, 4) is 0 Å². The third-order valence-corrected chi connectivity index (χ3v) is 5.39. The molecule has 1 N–H and O–H groups in total. The molecule has 5 nitrogen and oxygen atoms in total. The van der Waals surface area contributed by atoms with Gasteiger partial charge in [0.05, 0.1) is 6.10 Å². The standard InChI is InChI=1S/C19H37N3O2/c1-16-6-4-7-17(14-16)15-21-19(20-2)22-10-8-18(9-11-22)24-13-5-12-23-3/h16-18H,4-15H2,1-3H3,(H,20,21). The fraction of sp³-hybridized carbons (Fsp3) is 0.947. The minimum absolute atomic E-state index is 0.399. The first-order chi connectivity index (χ1) is 11.7. The molecule has 5 heteroatoms. The predicted octanol–water partition coefficient (Wildman–Crippen LogP) is 2.91. The zero-order valence-electron chi connectivity index (χ0n) is 15.9. The van der Waals surface area contributed by atoms with Gasteiger partial charge in [0.15, 0.2) is 5.96 Å². The maximum Gasteiger partial charge on any atom is 0.193 e. The Labute approximate surface area is 148 Å². The van der Waals surface area contributed by atoms with Crippen molar-refractivity contribution in [1.82, 2.24) is 10.2 Å². The van der Waals surface area contributed by atoms with Gasteiger partial charge in [-0.15, -0.1) is 0 Å². The summed E-state index contributed by atoms with van der Waals surface area (Å²) >= 11 is 0. The summed E-state index contributed by atoms with van der Waals surface area (Å²) in [6.45, 7) is 7.13. The highest BCUT2D eigenvalue weighted by Gasteiger charge is 2.23. The summed E-state index contributed by atoms with van der Waals surface area (Å²) in [7, 11) is 3.64. The molecule has 1 aliphatic heterocycles. The summed E-state index contributed by atoms with van der Waals surface area (Å²) in [4.78, 5) is 6.89. The summed E-state index contributed by atoms with van der Waals surface area (Å²) in [5.74, 6) is 2.77. The molecule has 1 aliphatic carbocycles. The Morgan fingerprint density at radius 2 is 1.96 bits per heavy atom. The van der Waals surface area contributed by atoms with E-state index in [0.29, 0.717) is 6.10 Å². The summed E-state index contributed by atoms with van der Waals surface area (Å²) < 4.78 is 11.0. The minimum atomic E-state index is 0.399. The average molecular weight is 340 g/mol. The number of piperidine rings is 1. The Balaban J connectivity index is 1.65. The monoisotopic (exact) mass is 339 g/mol. The van der Waals surface area contributed by atoms with Crippen molar-refractivity contribution in [3.63, 3.8) is 0 Å². The van der Waals surface area contributed by atoms with Gasteiger partial charge in [-0.25, -0.2) is 0 Å². The van der Waals surface area contributed by atoms with Crippen molar-refractivity contribution >= 4 is 5.96 Å². The van der Waals surface area contributed by atoms with E-state index in [1.165, 1.54) is 25.7 Å². The fourth-order valence-corrected chi connectivity index (χ4v) is 4.00. The Morgan fingerprint density at radius 1 is 1.17 bits per heavy atom. The minimum Gasteiger partial charge on any atom is -0.385 e. The highest BCUT2D eigenvalue weighted by Crippen LogP contribution is 2.28. The van der Waals surface area contributed by atoms with Gasteiger partial charge in [0.1, 0.15) is 0 Å². The molecule has 2 fully saturated rings. The van der Waals surface area contributed by atoms with Crippen LogP contribution in [0.5, 0.6) is 0 Å². The summed E-state index contributed by atoms with van der Waals surface area (Å²) in [5.41, 5.74) is 0. The zero-order chi connectivity index (χ0) is 17.2. The van der Waals surface area contributed by atoms with Crippen molar-refractivity contribution in [2.75, 3.05) is 47.0 Å². The molecule has 2 atom stereocenters. The maximum atomic E-state index is 5.95. The topological polar surface area (TPSA) is 46.1 Å². The zero-order valence-corrected chi connectivity index (χ0v) is 15.9. The lowest BCUT2D eigenvalue weighted by Crippen LogP contribution is -2.48. The quantitative estimate of drug-likeness (QED) is 0.440. The van der Waals surface area contributed by atoms with Crippen LogP contribution in [0, 0.1) is 11.8 Å². The van der Waals surface area contributed by atoms with Crippen molar-refractivity contribution in [1.29, 1.82) is 0 Å². The Kier molecular flexibility index (Phi) is 8.89. The van der Waals surface area contributed by atoms with Crippen molar-refractivity contribution in [2.24, 2.45) is 16.8 Å². The molecule has 1 heterocycles. The van der Waals surface area contributed by atoms with E-state index in [4.69, 9.17) is 9.47 Å². The van der Waals surface area contributed by atoms with Crippen LogP contribution < -0.4 is 5.32 Å². The molecule has 0 amide bonds. The lowest BCUT2D eigenvalue weighted by molar-refractivity contribution is 0.00986. The second kappa shape index (κ2) is 10.9. The Morgan fingerprint density at radius 3 is 2.62 bits per heavy atom. The van der Waals surface area contributed by atoms with Gasteiger partial charge >= 0.3 is 0 Å². The molecule has 2 unspecified atom stereocenters. The second-order valence-electron chi connectivity index (χ2n) is 7.47. The Bertz CT molecular complexity index is 368. The fourth-order valence-electron chi connectivity index (χ4n) is 4.00. The number of hydrogen-bond acceptors (Lipinski definition) is 3. The third-order valence-electron chi connectivity index (χ3n) is 5.39. The molecule has 2 rings (SSSR count). The molecule has 1 saturated heterocycles. The van der Waals surface area contributed by atoms with Gasteiger partial charge in [0.25, 0.3) is 0 Å². The molecule has 0 radical (unpaired) electrons. The molecule has 0 aromatic carbocycles. The molecule has 0 bridgehead atoms. The number of hydrogen-bond donors (Lipinski definition) is 1. The number of rotatable bonds is 7. The molecular formula is C19H37N3O2. The van der Waals surface area contributed by atoms with Crippen LogP contribution >= 0.6 is 0 Å². The van der Waals surface area contributed by atoms with E-state index < -0.39 is 0 Å². The SMILES string of the molecule is CN=C(NCC1CCCC(C)C1)N1CCC(OCCCOC)CC1. The largest absolute Gasteiger partial charge is 0.385 e. The van der Waals surface area contributed by atoms with E-state index >= 15 is 0 Å². The van der Waals surface area contributed by atoms with Gasteiger partial charge in [-0.1, -0.05) is 19.8 Å². The van der Waals surface area contributed by atoms with Crippen LogP contribution in [-0.4, -0.2) is 64.0 Å². The highest BCUT2D eigenvalue weighted by molar-refractivity contribution is 5.79. The highest BCUT2D eigenvalue weighted by atomic mass is 16.5. The van der Waals surface area contributed by atoms with Crippen LogP contribution in [0.4, 0.5) is 0 Å². The van der Waals surface area contributed by atoms with E-state index in [0.717, 1.165) is 69.9 Å². The average Bonchev–Trinajstić information content (AvgIpc) is 2.60. The molecular weight excluding hydrogens is 302 g/mol. The van der Waals surface area contributed by atoms with E-state index in [1.54, 1.807) is 7.11 Å². The van der Waals surface area contributed by atoms with Crippen molar-refractivity contribution in [2.45, 2.75) is 58.0 Å². The first kappa shape index (κ1) is 19.5. The van der Waals surface area contributed by atoms with Crippen LogP contribution in [0.1, 0.15) is 51.9 Å². The summed E-state index contributed by atoms with van der Waals surface area (Å²) in [5, 5.41) is 3.62. The normalized spacial score (nSPS) is 26.6. The van der Waals surface area contributed by atoms with Crippen LogP contribution in [0.15, 0.2) is 4.99 Å². The van der Waals surface area contributed by atoms with Crippen LogP contribution in [0.3, 0.4) is 0 Å². The summed E-state index contributed by atoms with van der Waals surface area (Å²) in [6, 6.07) is 0. The van der Waals surface area contributed by atoms with Crippen LogP contribution in [-0.2, 0) is 9.47 Å². The number of nitrogens with zero attached hydrogens (tertiary/aromatic N) is 2. The Hall–Kier alpha value is -0.810. The smallest absolute Gasteiger partial charge is 0.193 e.